The zero-order valence-electron chi connectivity index (χ0n) is 17.0. The molecule has 2 aromatic heterocycles. The Kier molecular flexibility index (Phi) is 4.67. The van der Waals surface area contributed by atoms with E-state index in [9.17, 15) is 14.4 Å². The first-order valence-corrected chi connectivity index (χ1v) is 11.6. The molecule has 2 aliphatic rings. The van der Waals surface area contributed by atoms with Crippen molar-refractivity contribution in [2.24, 2.45) is 0 Å². The molecule has 158 valence electrons. The minimum Gasteiger partial charge on any atom is -0.319 e. The second-order valence-corrected chi connectivity index (χ2v) is 10.1. The van der Waals surface area contributed by atoms with Crippen molar-refractivity contribution in [1.82, 2.24) is 15.2 Å². The Morgan fingerprint density at radius 2 is 2.10 bits per heavy atom. The fraction of sp³-hybridized carbons (Fsp3) is 0.273. The molecule has 0 saturated carbocycles. The quantitative estimate of drug-likeness (QED) is 0.589. The van der Waals surface area contributed by atoms with Crippen LogP contribution in [-0.2, 0) is 21.5 Å². The van der Waals surface area contributed by atoms with Crippen molar-refractivity contribution in [3.63, 3.8) is 0 Å². The Hall–Kier alpha value is -3.04. The molecule has 1 atom stereocenters. The van der Waals surface area contributed by atoms with Gasteiger partial charge in [-0.15, -0.1) is 22.7 Å². The van der Waals surface area contributed by atoms with Crippen molar-refractivity contribution >= 4 is 45.7 Å². The van der Waals surface area contributed by atoms with Gasteiger partial charge in [0.25, 0.3) is 5.91 Å². The van der Waals surface area contributed by atoms with Gasteiger partial charge in [-0.05, 0) is 43.9 Å². The third-order valence-electron chi connectivity index (χ3n) is 5.79. The van der Waals surface area contributed by atoms with Crippen molar-refractivity contribution in [1.29, 1.82) is 0 Å². The summed E-state index contributed by atoms with van der Waals surface area (Å²) in [5.41, 5.74) is 2.67. The zero-order chi connectivity index (χ0) is 21.8. The van der Waals surface area contributed by atoms with Crippen LogP contribution in [0.1, 0.15) is 27.3 Å². The summed E-state index contributed by atoms with van der Waals surface area (Å²) in [4.78, 5) is 46.2. The Labute approximate surface area is 187 Å². The van der Waals surface area contributed by atoms with Crippen LogP contribution in [0.4, 0.5) is 9.93 Å². The van der Waals surface area contributed by atoms with E-state index in [-0.39, 0.29) is 12.5 Å². The number of urea groups is 1. The molecule has 2 N–H and O–H groups in total. The van der Waals surface area contributed by atoms with Gasteiger partial charge in [-0.2, -0.15) is 0 Å². The number of imide groups is 1. The topological polar surface area (TPSA) is 91.4 Å². The van der Waals surface area contributed by atoms with Crippen molar-refractivity contribution in [3.8, 4) is 11.3 Å². The van der Waals surface area contributed by atoms with E-state index in [2.05, 4.69) is 21.7 Å². The average molecular weight is 453 g/mol. The van der Waals surface area contributed by atoms with Gasteiger partial charge in [0.2, 0.25) is 5.91 Å². The lowest BCUT2D eigenvalue weighted by Gasteiger charge is -2.22. The number of anilines is 1. The Balaban J connectivity index is 1.30. The van der Waals surface area contributed by atoms with Crippen LogP contribution in [0.25, 0.3) is 11.3 Å². The zero-order valence-corrected chi connectivity index (χ0v) is 18.7. The number of carbonyl (C=O) groups is 3. The van der Waals surface area contributed by atoms with E-state index in [1.165, 1.54) is 21.1 Å². The van der Waals surface area contributed by atoms with E-state index < -0.39 is 17.5 Å². The van der Waals surface area contributed by atoms with Crippen molar-refractivity contribution < 1.29 is 14.4 Å². The summed E-state index contributed by atoms with van der Waals surface area (Å²) in [5, 5.41) is 7.89. The predicted octanol–water partition coefficient (Wildman–Crippen LogP) is 3.82. The minimum absolute atomic E-state index is 0.347. The van der Waals surface area contributed by atoms with E-state index in [0.717, 1.165) is 27.3 Å². The maximum atomic E-state index is 13.2. The molecule has 1 aliphatic heterocycles. The van der Waals surface area contributed by atoms with Gasteiger partial charge >= 0.3 is 6.03 Å². The van der Waals surface area contributed by atoms with Gasteiger partial charge in [0.15, 0.2) is 5.13 Å². The smallest absolute Gasteiger partial charge is 0.319 e. The molecule has 31 heavy (non-hydrogen) atoms. The van der Waals surface area contributed by atoms with Gasteiger partial charge in [0, 0.05) is 20.7 Å². The number of hydrogen-bond donors (Lipinski definition) is 2. The number of thiophene rings is 1. The van der Waals surface area contributed by atoms with Crippen LogP contribution in [0.15, 0.2) is 35.7 Å². The fourth-order valence-electron chi connectivity index (χ4n) is 4.38. The molecule has 4 amide bonds. The van der Waals surface area contributed by atoms with Gasteiger partial charge in [0.05, 0.1) is 5.69 Å². The monoisotopic (exact) mass is 452 g/mol. The highest BCUT2D eigenvalue weighted by Gasteiger charge is 2.55. The van der Waals surface area contributed by atoms with E-state index in [1.54, 1.807) is 11.3 Å². The second-order valence-electron chi connectivity index (χ2n) is 7.80. The van der Waals surface area contributed by atoms with E-state index >= 15 is 0 Å². The summed E-state index contributed by atoms with van der Waals surface area (Å²) in [7, 11) is 0. The summed E-state index contributed by atoms with van der Waals surface area (Å²) in [6, 6.07) is 9.15. The van der Waals surface area contributed by atoms with Crippen molar-refractivity contribution in [2.45, 2.75) is 32.2 Å². The molecule has 1 spiro atoms. The first-order chi connectivity index (χ1) is 14.9. The number of benzene rings is 1. The predicted molar refractivity (Wildman–Crippen MR) is 120 cm³/mol. The Morgan fingerprint density at radius 1 is 1.29 bits per heavy atom. The molecule has 3 heterocycles. The summed E-state index contributed by atoms with van der Waals surface area (Å²) in [6.07, 6.45) is 1.22. The molecule has 1 fully saturated rings. The molecule has 1 unspecified atom stereocenters. The SMILES string of the molecule is Cc1cc(-c2csc(NC(=O)CN3C(=O)NC4(CCc5ccccc54)C3=O)n2)c(C)s1. The van der Waals surface area contributed by atoms with Crippen LogP contribution in [0.2, 0.25) is 0 Å². The van der Waals surface area contributed by atoms with E-state index in [1.807, 2.05) is 43.5 Å². The van der Waals surface area contributed by atoms with Crippen LogP contribution < -0.4 is 10.6 Å². The lowest BCUT2D eigenvalue weighted by atomic mass is 9.92. The van der Waals surface area contributed by atoms with Gasteiger partial charge in [0.1, 0.15) is 12.1 Å². The number of nitrogens with one attached hydrogen (secondary N) is 2. The Morgan fingerprint density at radius 3 is 2.87 bits per heavy atom. The summed E-state index contributed by atoms with van der Waals surface area (Å²) < 4.78 is 0. The van der Waals surface area contributed by atoms with Crippen molar-refractivity contribution in [2.75, 3.05) is 11.9 Å². The second kappa shape index (κ2) is 7.28. The maximum Gasteiger partial charge on any atom is 0.325 e. The largest absolute Gasteiger partial charge is 0.325 e. The molecule has 7 nitrogen and oxygen atoms in total. The molecule has 0 bridgehead atoms. The number of aryl methyl sites for hydroxylation is 3. The number of hydrogen-bond acceptors (Lipinski definition) is 6. The van der Waals surface area contributed by atoms with Crippen LogP contribution in [0.5, 0.6) is 0 Å². The number of nitrogens with zero attached hydrogens (tertiary/aromatic N) is 2. The van der Waals surface area contributed by atoms with Crippen LogP contribution in [0.3, 0.4) is 0 Å². The van der Waals surface area contributed by atoms with Gasteiger partial charge in [-0.3, -0.25) is 14.5 Å². The van der Waals surface area contributed by atoms with Crippen LogP contribution in [-0.4, -0.2) is 34.3 Å². The molecular formula is C22H20N4O3S2. The summed E-state index contributed by atoms with van der Waals surface area (Å²) >= 11 is 3.02. The molecule has 5 rings (SSSR count). The molecule has 3 aromatic rings. The standard InChI is InChI=1S/C22H20N4O3S2/c1-12-9-15(13(2)31-12)17-11-30-20(23-17)24-18(27)10-26-19(28)22(25-21(26)29)8-7-14-5-3-4-6-16(14)22/h3-6,9,11H,7-8,10H2,1-2H3,(H,25,29)(H,23,24,27). The molecule has 1 saturated heterocycles. The number of aromatic nitrogens is 1. The third-order valence-corrected chi connectivity index (χ3v) is 7.52. The summed E-state index contributed by atoms with van der Waals surface area (Å²) in [6.45, 7) is 3.74. The number of carbonyl (C=O) groups excluding carboxylic acids is 3. The lowest BCUT2D eigenvalue weighted by molar-refractivity contribution is -0.134. The fourth-order valence-corrected chi connectivity index (χ4v) is 6.04. The number of rotatable bonds is 4. The molecule has 0 radical (unpaired) electrons. The maximum absolute atomic E-state index is 13.2. The number of amides is 4. The molecule has 9 heteroatoms. The van der Waals surface area contributed by atoms with Gasteiger partial charge < -0.3 is 10.6 Å². The van der Waals surface area contributed by atoms with Gasteiger partial charge in [-0.25, -0.2) is 9.78 Å². The number of thiazole rings is 1. The van der Waals surface area contributed by atoms with Crippen molar-refractivity contribution in [3.05, 3.63) is 56.6 Å². The van der Waals surface area contributed by atoms with E-state index in [0.29, 0.717) is 18.0 Å². The first-order valence-electron chi connectivity index (χ1n) is 9.93. The average Bonchev–Trinajstić information content (AvgIpc) is 3.47. The Bertz CT molecular complexity index is 1230. The highest BCUT2D eigenvalue weighted by atomic mass is 32.1. The molecule has 1 aliphatic carbocycles. The highest BCUT2D eigenvalue weighted by Crippen LogP contribution is 2.41. The lowest BCUT2D eigenvalue weighted by Crippen LogP contribution is -2.42. The van der Waals surface area contributed by atoms with E-state index in [4.69, 9.17) is 0 Å². The molecule has 1 aromatic carbocycles. The normalized spacial score (nSPS) is 19.7. The number of fused-ring (bicyclic) bond motifs is 2. The highest BCUT2D eigenvalue weighted by molar-refractivity contribution is 7.14. The summed E-state index contributed by atoms with van der Waals surface area (Å²) in [5.74, 6) is -0.826. The van der Waals surface area contributed by atoms with Gasteiger partial charge in [-0.1, -0.05) is 24.3 Å². The van der Waals surface area contributed by atoms with Crippen LogP contribution >= 0.6 is 22.7 Å². The first kappa shape index (κ1) is 19.9. The molecular weight excluding hydrogens is 432 g/mol. The minimum atomic E-state index is -1.06. The third kappa shape index (κ3) is 3.24. The van der Waals surface area contributed by atoms with Crippen LogP contribution in [0, 0.1) is 13.8 Å².